The van der Waals surface area contributed by atoms with Crippen molar-refractivity contribution < 1.29 is 13.2 Å². The van der Waals surface area contributed by atoms with Crippen LogP contribution in [0.3, 0.4) is 0 Å². The van der Waals surface area contributed by atoms with Crippen molar-refractivity contribution in [1.29, 1.82) is 0 Å². The lowest BCUT2D eigenvalue weighted by Gasteiger charge is -2.27. The summed E-state index contributed by atoms with van der Waals surface area (Å²) in [5, 5.41) is 2.52. The quantitative estimate of drug-likeness (QED) is 0.600. The van der Waals surface area contributed by atoms with E-state index in [-0.39, 0.29) is 10.6 Å². The molecule has 0 radical (unpaired) electrons. The number of carbonyl (C=O) groups is 1. The van der Waals surface area contributed by atoms with E-state index in [9.17, 15) is 13.2 Å². The van der Waals surface area contributed by atoms with E-state index in [2.05, 4.69) is 36.2 Å². The summed E-state index contributed by atoms with van der Waals surface area (Å²) in [5.41, 5.74) is 4.03. The molecule has 2 aromatic carbocycles. The van der Waals surface area contributed by atoms with Gasteiger partial charge in [0.25, 0.3) is 0 Å². The molecule has 1 unspecified atom stereocenters. The first kappa shape index (κ1) is 21.5. The van der Waals surface area contributed by atoms with Crippen LogP contribution in [0.25, 0.3) is 0 Å². The lowest BCUT2D eigenvalue weighted by atomic mass is 10.1. The number of sulfone groups is 1. The zero-order valence-corrected chi connectivity index (χ0v) is 18.0. The first-order valence-electron chi connectivity index (χ1n) is 10.3. The van der Waals surface area contributed by atoms with Gasteiger partial charge >= 0.3 is 0 Å². The molecule has 0 heterocycles. The van der Waals surface area contributed by atoms with Crippen LogP contribution in [0.15, 0.2) is 47.4 Å². The van der Waals surface area contributed by atoms with Crippen LogP contribution in [0.5, 0.6) is 0 Å². The number of fused-ring (bicyclic) bond motifs is 1. The van der Waals surface area contributed by atoms with Crippen molar-refractivity contribution in [3.8, 4) is 0 Å². The molecule has 2 aromatic rings. The van der Waals surface area contributed by atoms with Crippen LogP contribution in [0, 0.1) is 0 Å². The van der Waals surface area contributed by atoms with Gasteiger partial charge in [-0.25, -0.2) is 8.42 Å². The van der Waals surface area contributed by atoms with Crippen molar-refractivity contribution in [3.05, 3.63) is 59.2 Å². The SMILES string of the molecule is CCCN(CCC)C1Cc2ccc(CS(=O)(=O)c3ccc(NC=O)cc3)cc2C1. The molecule has 0 saturated heterocycles. The monoisotopic (exact) mass is 414 g/mol. The van der Waals surface area contributed by atoms with E-state index in [0.717, 1.165) is 44.3 Å². The van der Waals surface area contributed by atoms with E-state index in [1.165, 1.54) is 23.3 Å². The molecular weight excluding hydrogens is 384 g/mol. The van der Waals surface area contributed by atoms with Crippen LogP contribution in [-0.2, 0) is 33.2 Å². The van der Waals surface area contributed by atoms with Gasteiger partial charge in [0, 0.05) is 11.7 Å². The highest BCUT2D eigenvalue weighted by atomic mass is 32.2. The normalized spacial score (nSPS) is 16.0. The van der Waals surface area contributed by atoms with Crippen molar-refractivity contribution in [2.45, 2.75) is 56.2 Å². The van der Waals surface area contributed by atoms with Gasteiger partial charge in [0.05, 0.1) is 10.6 Å². The second-order valence-electron chi connectivity index (χ2n) is 7.75. The maximum absolute atomic E-state index is 12.8. The number of nitrogens with zero attached hydrogens (tertiary/aromatic N) is 1. The summed E-state index contributed by atoms with van der Waals surface area (Å²) < 4.78 is 25.6. The Kier molecular flexibility index (Phi) is 7.09. The zero-order chi connectivity index (χ0) is 20.9. The zero-order valence-electron chi connectivity index (χ0n) is 17.2. The minimum absolute atomic E-state index is 0.0148. The molecule has 5 nitrogen and oxygen atoms in total. The molecule has 0 aromatic heterocycles. The van der Waals surface area contributed by atoms with Crippen molar-refractivity contribution >= 4 is 21.9 Å². The van der Waals surface area contributed by atoms with E-state index >= 15 is 0 Å². The second kappa shape index (κ2) is 9.55. The summed E-state index contributed by atoms with van der Waals surface area (Å²) >= 11 is 0. The third kappa shape index (κ3) is 5.25. The number of anilines is 1. The predicted molar refractivity (Wildman–Crippen MR) is 117 cm³/mol. The summed E-state index contributed by atoms with van der Waals surface area (Å²) in [5.74, 6) is -0.0148. The Hall–Kier alpha value is -2.18. The van der Waals surface area contributed by atoms with Gasteiger partial charge in [-0.2, -0.15) is 0 Å². The van der Waals surface area contributed by atoms with Crippen LogP contribution >= 0.6 is 0 Å². The number of carbonyl (C=O) groups excluding carboxylic acids is 1. The van der Waals surface area contributed by atoms with Crippen molar-refractivity contribution in [1.82, 2.24) is 4.90 Å². The third-order valence-corrected chi connectivity index (χ3v) is 7.22. The Labute approximate surface area is 174 Å². The topological polar surface area (TPSA) is 66.5 Å². The van der Waals surface area contributed by atoms with Crippen LogP contribution in [0.2, 0.25) is 0 Å². The molecule has 1 atom stereocenters. The molecule has 0 fully saturated rings. The average Bonchev–Trinajstić information content (AvgIpc) is 3.11. The largest absolute Gasteiger partial charge is 0.329 e. The molecule has 156 valence electrons. The smallest absolute Gasteiger partial charge is 0.211 e. The van der Waals surface area contributed by atoms with Gasteiger partial charge in [0.2, 0.25) is 6.41 Å². The standard InChI is InChI=1S/C23H30N2O3S/c1-3-11-25(12-4-2)22-14-19-6-5-18(13-20(19)15-22)16-29(27,28)23-9-7-21(8-10-23)24-17-26/h5-10,13,17,22H,3-4,11-12,14-16H2,1-2H3,(H,24,26). The summed E-state index contributed by atoms with van der Waals surface area (Å²) in [7, 11) is -3.44. The first-order chi connectivity index (χ1) is 14.0. The molecule has 1 aliphatic carbocycles. The molecule has 1 N–H and O–H groups in total. The fraction of sp³-hybridized carbons (Fsp3) is 0.435. The Morgan fingerprint density at radius 3 is 2.28 bits per heavy atom. The number of amides is 1. The Morgan fingerprint density at radius 2 is 1.66 bits per heavy atom. The maximum atomic E-state index is 12.8. The molecule has 6 heteroatoms. The fourth-order valence-electron chi connectivity index (χ4n) is 4.18. The van der Waals surface area contributed by atoms with Crippen LogP contribution in [-0.4, -0.2) is 38.9 Å². The van der Waals surface area contributed by atoms with Crippen molar-refractivity contribution in [2.75, 3.05) is 18.4 Å². The van der Waals surface area contributed by atoms with Gasteiger partial charge in [-0.15, -0.1) is 0 Å². The fourth-order valence-corrected chi connectivity index (χ4v) is 5.51. The van der Waals surface area contributed by atoms with E-state index in [1.807, 2.05) is 6.07 Å². The van der Waals surface area contributed by atoms with Crippen LogP contribution in [0.1, 0.15) is 43.4 Å². The van der Waals surface area contributed by atoms with Crippen molar-refractivity contribution in [3.63, 3.8) is 0 Å². The second-order valence-corrected chi connectivity index (χ2v) is 9.74. The van der Waals surface area contributed by atoms with Crippen LogP contribution < -0.4 is 5.32 Å². The highest BCUT2D eigenvalue weighted by molar-refractivity contribution is 7.90. The number of hydrogen-bond donors (Lipinski definition) is 1. The number of nitrogens with one attached hydrogen (secondary N) is 1. The number of rotatable bonds is 10. The maximum Gasteiger partial charge on any atom is 0.211 e. The molecule has 29 heavy (non-hydrogen) atoms. The Balaban J connectivity index is 1.72. The minimum Gasteiger partial charge on any atom is -0.329 e. The first-order valence-corrected chi connectivity index (χ1v) is 12.0. The highest BCUT2D eigenvalue weighted by Crippen LogP contribution is 2.28. The van der Waals surface area contributed by atoms with Gasteiger partial charge in [0.15, 0.2) is 9.84 Å². The summed E-state index contributed by atoms with van der Waals surface area (Å²) in [6.07, 6.45) is 4.92. The van der Waals surface area contributed by atoms with Gasteiger partial charge in [-0.05, 0) is 79.7 Å². The molecule has 0 spiro atoms. The van der Waals surface area contributed by atoms with Crippen LogP contribution in [0.4, 0.5) is 5.69 Å². The molecule has 0 saturated carbocycles. The summed E-state index contributed by atoms with van der Waals surface area (Å²) in [6.45, 7) is 6.66. The number of hydrogen-bond acceptors (Lipinski definition) is 4. The van der Waals surface area contributed by atoms with E-state index in [4.69, 9.17) is 0 Å². The highest BCUT2D eigenvalue weighted by Gasteiger charge is 2.26. The average molecular weight is 415 g/mol. The van der Waals surface area contributed by atoms with Crippen molar-refractivity contribution in [2.24, 2.45) is 0 Å². The molecule has 3 rings (SSSR count). The molecule has 0 bridgehead atoms. The van der Waals surface area contributed by atoms with E-state index in [0.29, 0.717) is 18.1 Å². The lowest BCUT2D eigenvalue weighted by Crippen LogP contribution is -2.37. The van der Waals surface area contributed by atoms with Gasteiger partial charge in [0.1, 0.15) is 0 Å². The molecule has 1 amide bonds. The summed E-state index contributed by atoms with van der Waals surface area (Å²) in [4.78, 5) is 13.3. The Bertz CT molecular complexity index is 933. The molecule has 1 aliphatic rings. The van der Waals surface area contributed by atoms with Gasteiger partial charge < -0.3 is 5.32 Å². The lowest BCUT2D eigenvalue weighted by molar-refractivity contribution is -0.105. The number of benzene rings is 2. The summed E-state index contributed by atoms with van der Waals surface area (Å²) in [6, 6.07) is 12.9. The third-order valence-electron chi connectivity index (χ3n) is 5.52. The molecular formula is C23H30N2O3S. The van der Waals surface area contributed by atoms with E-state index < -0.39 is 9.84 Å². The van der Waals surface area contributed by atoms with Gasteiger partial charge in [-0.1, -0.05) is 32.0 Å². The predicted octanol–water partition coefficient (Wildman–Crippen LogP) is 3.82. The van der Waals surface area contributed by atoms with E-state index in [1.54, 1.807) is 12.1 Å². The minimum atomic E-state index is -3.44. The Morgan fingerprint density at radius 1 is 1.00 bits per heavy atom. The van der Waals surface area contributed by atoms with Gasteiger partial charge in [-0.3, -0.25) is 9.69 Å². The molecule has 0 aliphatic heterocycles.